The zero-order valence-electron chi connectivity index (χ0n) is 12.0. The highest BCUT2D eigenvalue weighted by Crippen LogP contribution is 2.50. The molecule has 2 heterocycles. The molecule has 0 saturated carbocycles. The summed E-state index contributed by atoms with van der Waals surface area (Å²) < 4.78 is 6.02. The van der Waals surface area contributed by atoms with Gasteiger partial charge in [0.1, 0.15) is 5.75 Å². The topological polar surface area (TPSA) is 41.5 Å². The van der Waals surface area contributed by atoms with Gasteiger partial charge < -0.3 is 15.2 Å². The summed E-state index contributed by atoms with van der Waals surface area (Å²) in [7, 11) is 0. The lowest BCUT2D eigenvalue weighted by atomic mass is 9.80. The molecule has 2 aliphatic rings. The van der Waals surface area contributed by atoms with Crippen LogP contribution in [0.2, 0.25) is 0 Å². The Labute approximate surface area is 124 Å². The molecule has 2 aromatic carbocycles. The predicted octanol–water partition coefficient (Wildman–Crippen LogP) is 3.95. The number of hydrogen-bond acceptors (Lipinski definition) is 3. The maximum atomic E-state index is 9.76. The van der Waals surface area contributed by atoms with E-state index in [-0.39, 0.29) is 12.1 Å². The minimum atomic E-state index is 0.161. The van der Waals surface area contributed by atoms with Gasteiger partial charge in [0.2, 0.25) is 0 Å². The average molecular weight is 281 g/mol. The molecule has 108 valence electrons. The summed E-state index contributed by atoms with van der Waals surface area (Å²) in [4.78, 5) is 0. The summed E-state index contributed by atoms with van der Waals surface area (Å²) in [6, 6.07) is 14.2. The van der Waals surface area contributed by atoms with Gasteiger partial charge in [-0.2, -0.15) is 0 Å². The van der Waals surface area contributed by atoms with Crippen LogP contribution in [0.4, 0.5) is 5.69 Å². The highest BCUT2D eigenvalue weighted by Gasteiger charge is 2.41. The SMILES string of the molecule is Cc1ccc2c(c1)C1OCCC1C(c1cccc(O)c1)N2. The monoisotopic (exact) mass is 281 g/mol. The first-order chi connectivity index (χ1) is 10.2. The van der Waals surface area contributed by atoms with Gasteiger partial charge in [-0.1, -0.05) is 29.8 Å². The second kappa shape index (κ2) is 4.78. The Bertz CT molecular complexity index is 683. The van der Waals surface area contributed by atoms with Crippen LogP contribution in [0.5, 0.6) is 5.75 Å². The minimum absolute atomic E-state index is 0.161. The Kier molecular flexibility index (Phi) is 2.89. The number of ether oxygens (including phenoxy) is 1. The minimum Gasteiger partial charge on any atom is -0.508 e. The van der Waals surface area contributed by atoms with Crippen LogP contribution in [0.1, 0.15) is 35.3 Å². The number of fused-ring (bicyclic) bond motifs is 3. The van der Waals surface area contributed by atoms with Gasteiger partial charge in [-0.05, 0) is 37.1 Å². The Morgan fingerprint density at radius 1 is 1.19 bits per heavy atom. The highest BCUT2D eigenvalue weighted by molar-refractivity contribution is 5.58. The van der Waals surface area contributed by atoms with Gasteiger partial charge in [0.05, 0.1) is 12.1 Å². The van der Waals surface area contributed by atoms with E-state index in [1.165, 1.54) is 11.1 Å². The number of rotatable bonds is 1. The number of hydrogen-bond donors (Lipinski definition) is 2. The summed E-state index contributed by atoms with van der Waals surface area (Å²) in [5.41, 5.74) is 4.81. The quantitative estimate of drug-likeness (QED) is 0.831. The molecule has 2 aliphatic heterocycles. The molecule has 0 aliphatic carbocycles. The van der Waals surface area contributed by atoms with Crippen LogP contribution >= 0.6 is 0 Å². The van der Waals surface area contributed by atoms with Gasteiger partial charge in [0, 0.05) is 23.8 Å². The van der Waals surface area contributed by atoms with E-state index < -0.39 is 0 Å². The van der Waals surface area contributed by atoms with E-state index in [0.717, 1.165) is 24.3 Å². The Balaban J connectivity index is 1.79. The lowest BCUT2D eigenvalue weighted by Crippen LogP contribution is -2.29. The van der Waals surface area contributed by atoms with E-state index in [0.29, 0.717) is 11.7 Å². The highest BCUT2D eigenvalue weighted by atomic mass is 16.5. The van der Waals surface area contributed by atoms with Crippen LogP contribution in [0.15, 0.2) is 42.5 Å². The third-order valence-electron chi connectivity index (χ3n) is 4.62. The molecule has 3 unspecified atom stereocenters. The van der Waals surface area contributed by atoms with Crippen LogP contribution in [-0.2, 0) is 4.74 Å². The molecule has 1 saturated heterocycles. The molecule has 2 aromatic rings. The fourth-order valence-electron chi connectivity index (χ4n) is 3.64. The summed E-state index contributed by atoms with van der Waals surface area (Å²) >= 11 is 0. The fourth-order valence-corrected chi connectivity index (χ4v) is 3.64. The first-order valence-electron chi connectivity index (χ1n) is 7.50. The van der Waals surface area contributed by atoms with Crippen molar-refractivity contribution in [1.29, 1.82) is 0 Å². The molecule has 0 amide bonds. The first kappa shape index (κ1) is 12.7. The molecular formula is C18H19NO2. The van der Waals surface area contributed by atoms with Crippen molar-refractivity contribution >= 4 is 5.69 Å². The second-order valence-electron chi connectivity index (χ2n) is 6.05. The summed E-state index contributed by atoms with van der Waals surface area (Å²) in [6.45, 7) is 2.92. The van der Waals surface area contributed by atoms with Gasteiger partial charge >= 0.3 is 0 Å². The molecule has 21 heavy (non-hydrogen) atoms. The normalized spacial score (nSPS) is 26.8. The zero-order valence-corrected chi connectivity index (χ0v) is 12.0. The third-order valence-corrected chi connectivity index (χ3v) is 4.62. The van der Waals surface area contributed by atoms with Crippen molar-refractivity contribution in [2.75, 3.05) is 11.9 Å². The summed E-state index contributed by atoms with van der Waals surface area (Å²) in [6.07, 6.45) is 1.21. The number of aryl methyl sites for hydroxylation is 1. The average Bonchev–Trinajstić information content (AvgIpc) is 2.96. The van der Waals surface area contributed by atoms with Crippen molar-refractivity contribution in [3.8, 4) is 5.75 Å². The number of phenols is 1. The molecule has 2 N–H and O–H groups in total. The lowest BCUT2D eigenvalue weighted by molar-refractivity contribution is 0.0828. The van der Waals surface area contributed by atoms with E-state index in [9.17, 15) is 5.11 Å². The molecule has 3 atom stereocenters. The number of nitrogens with one attached hydrogen (secondary N) is 1. The molecule has 1 fully saturated rings. The van der Waals surface area contributed by atoms with Crippen molar-refractivity contribution in [1.82, 2.24) is 0 Å². The van der Waals surface area contributed by atoms with Crippen LogP contribution in [-0.4, -0.2) is 11.7 Å². The number of benzene rings is 2. The lowest BCUT2D eigenvalue weighted by Gasteiger charge is -2.36. The molecule has 4 rings (SSSR count). The summed E-state index contributed by atoms with van der Waals surface area (Å²) in [5, 5.41) is 13.4. The van der Waals surface area contributed by atoms with Crippen molar-refractivity contribution in [2.24, 2.45) is 5.92 Å². The Morgan fingerprint density at radius 2 is 2.10 bits per heavy atom. The van der Waals surface area contributed by atoms with Gasteiger partial charge in [-0.25, -0.2) is 0 Å². The third kappa shape index (κ3) is 2.09. The van der Waals surface area contributed by atoms with Crippen LogP contribution in [0.25, 0.3) is 0 Å². The van der Waals surface area contributed by atoms with Crippen molar-refractivity contribution < 1.29 is 9.84 Å². The van der Waals surface area contributed by atoms with E-state index in [2.05, 4.69) is 36.5 Å². The largest absolute Gasteiger partial charge is 0.508 e. The van der Waals surface area contributed by atoms with Gasteiger partial charge in [-0.3, -0.25) is 0 Å². The maximum absolute atomic E-state index is 9.76. The molecule has 0 aromatic heterocycles. The Morgan fingerprint density at radius 3 is 2.95 bits per heavy atom. The molecule has 3 nitrogen and oxygen atoms in total. The molecule has 0 spiro atoms. The van der Waals surface area contributed by atoms with E-state index >= 15 is 0 Å². The zero-order chi connectivity index (χ0) is 14.4. The number of phenolic OH excluding ortho intramolecular Hbond substituents is 1. The van der Waals surface area contributed by atoms with Crippen molar-refractivity contribution in [2.45, 2.75) is 25.5 Å². The van der Waals surface area contributed by atoms with Gasteiger partial charge in [0.15, 0.2) is 0 Å². The van der Waals surface area contributed by atoms with Gasteiger partial charge in [0.25, 0.3) is 0 Å². The van der Waals surface area contributed by atoms with E-state index in [1.807, 2.05) is 12.1 Å². The molecule has 0 radical (unpaired) electrons. The standard InChI is InChI=1S/C18H19NO2/c1-11-5-6-16-15(9-11)18-14(7-8-21-18)17(19-16)12-3-2-4-13(20)10-12/h2-6,9-10,14,17-20H,7-8H2,1H3. The van der Waals surface area contributed by atoms with Crippen LogP contribution < -0.4 is 5.32 Å². The van der Waals surface area contributed by atoms with E-state index in [4.69, 9.17) is 4.74 Å². The first-order valence-corrected chi connectivity index (χ1v) is 7.50. The molecule has 3 heteroatoms. The smallest absolute Gasteiger partial charge is 0.115 e. The molecular weight excluding hydrogens is 262 g/mol. The summed E-state index contributed by atoms with van der Waals surface area (Å²) in [5.74, 6) is 0.737. The van der Waals surface area contributed by atoms with Crippen molar-refractivity contribution in [3.63, 3.8) is 0 Å². The predicted molar refractivity (Wildman–Crippen MR) is 82.4 cm³/mol. The van der Waals surface area contributed by atoms with Crippen LogP contribution in [0.3, 0.4) is 0 Å². The Hall–Kier alpha value is -2.00. The van der Waals surface area contributed by atoms with Crippen LogP contribution in [0, 0.1) is 12.8 Å². The number of anilines is 1. The number of aromatic hydroxyl groups is 1. The van der Waals surface area contributed by atoms with Crippen molar-refractivity contribution in [3.05, 3.63) is 59.2 Å². The second-order valence-corrected chi connectivity index (χ2v) is 6.05. The molecule has 0 bridgehead atoms. The van der Waals surface area contributed by atoms with E-state index in [1.54, 1.807) is 6.07 Å². The van der Waals surface area contributed by atoms with Gasteiger partial charge in [-0.15, -0.1) is 0 Å². The maximum Gasteiger partial charge on any atom is 0.115 e. The fraction of sp³-hybridized carbons (Fsp3) is 0.333.